The summed E-state index contributed by atoms with van der Waals surface area (Å²) in [5.41, 5.74) is 2.46. The summed E-state index contributed by atoms with van der Waals surface area (Å²) in [7, 11) is 3.69. The third-order valence-electron chi connectivity index (χ3n) is 4.28. The Labute approximate surface area is 132 Å². The topological polar surface area (TPSA) is 39.1 Å². The van der Waals surface area contributed by atoms with Crippen molar-refractivity contribution >= 4 is 17.3 Å². The maximum absolute atomic E-state index is 12.8. The number of rotatable bonds is 3. The van der Waals surface area contributed by atoms with E-state index >= 15 is 0 Å². The van der Waals surface area contributed by atoms with Crippen molar-refractivity contribution in [1.82, 2.24) is 9.91 Å². The van der Waals surface area contributed by atoms with E-state index in [0.29, 0.717) is 18.3 Å². The van der Waals surface area contributed by atoms with Crippen molar-refractivity contribution < 1.29 is 4.79 Å². The Morgan fingerprint density at radius 2 is 2.09 bits per heavy atom. The molecular formula is C17H24N4O. The van der Waals surface area contributed by atoms with Gasteiger partial charge in [-0.25, -0.2) is 0 Å². The highest BCUT2D eigenvalue weighted by Gasteiger charge is 2.35. The van der Waals surface area contributed by atoms with E-state index in [1.54, 1.807) is 5.01 Å². The molecular weight excluding hydrogens is 276 g/mol. The van der Waals surface area contributed by atoms with Crippen LogP contribution in [0.1, 0.15) is 25.3 Å². The van der Waals surface area contributed by atoms with Crippen LogP contribution >= 0.6 is 0 Å². The lowest BCUT2D eigenvalue weighted by molar-refractivity contribution is -0.112. The van der Waals surface area contributed by atoms with Crippen LogP contribution in [-0.2, 0) is 4.79 Å². The molecule has 0 aliphatic carbocycles. The molecule has 0 bridgehead atoms. The van der Waals surface area contributed by atoms with E-state index < -0.39 is 0 Å². The van der Waals surface area contributed by atoms with Crippen LogP contribution in [0.4, 0.5) is 5.69 Å². The Bertz CT molecular complexity index is 596. The highest BCUT2D eigenvalue weighted by Crippen LogP contribution is 2.30. The minimum Gasteiger partial charge on any atom is -0.302 e. The minimum atomic E-state index is 0.00752. The van der Waals surface area contributed by atoms with Crippen LogP contribution in [-0.4, -0.2) is 55.4 Å². The molecule has 1 amide bonds. The molecule has 0 radical (unpaired) electrons. The third-order valence-corrected chi connectivity index (χ3v) is 4.28. The average Bonchev–Trinajstić information content (AvgIpc) is 2.73. The van der Waals surface area contributed by atoms with Gasteiger partial charge in [-0.05, 0) is 31.4 Å². The molecule has 1 unspecified atom stereocenters. The second-order valence-electron chi connectivity index (χ2n) is 6.51. The van der Waals surface area contributed by atoms with E-state index in [1.165, 1.54) is 12.8 Å². The van der Waals surface area contributed by atoms with Crippen molar-refractivity contribution in [2.24, 2.45) is 11.0 Å². The second-order valence-corrected chi connectivity index (χ2v) is 6.51. The van der Waals surface area contributed by atoms with Crippen molar-refractivity contribution in [1.29, 1.82) is 0 Å². The number of hydrogen-bond acceptors (Lipinski definition) is 4. The van der Waals surface area contributed by atoms with Crippen molar-refractivity contribution in [2.45, 2.75) is 19.8 Å². The monoisotopic (exact) mass is 300 g/mol. The highest BCUT2D eigenvalue weighted by molar-refractivity contribution is 6.54. The Balaban J connectivity index is 1.87. The van der Waals surface area contributed by atoms with Crippen molar-refractivity contribution in [3.63, 3.8) is 0 Å². The van der Waals surface area contributed by atoms with Gasteiger partial charge in [0.2, 0.25) is 0 Å². The predicted molar refractivity (Wildman–Crippen MR) is 89.0 cm³/mol. The van der Waals surface area contributed by atoms with Crippen LogP contribution < -0.4 is 4.90 Å². The summed E-state index contributed by atoms with van der Waals surface area (Å²) in [4.78, 5) is 17.0. The normalized spacial score (nSPS) is 24.0. The molecule has 1 saturated heterocycles. The first kappa shape index (κ1) is 15.0. The Hall–Kier alpha value is -1.88. The van der Waals surface area contributed by atoms with E-state index in [0.717, 1.165) is 24.3 Å². The molecule has 1 aromatic carbocycles. The van der Waals surface area contributed by atoms with E-state index in [-0.39, 0.29) is 5.91 Å². The van der Waals surface area contributed by atoms with Gasteiger partial charge in [0.05, 0.1) is 12.4 Å². The summed E-state index contributed by atoms with van der Waals surface area (Å²) >= 11 is 0. The lowest BCUT2D eigenvalue weighted by atomic mass is 10.0. The summed E-state index contributed by atoms with van der Waals surface area (Å²) in [5, 5.41) is 6.09. The van der Waals surface area contributed by atoms with E-state index in [2.05, 4.69) is 16.9 Å². The number of carbonyl (C=O) groups is 1. The van der Waals surface area contributed by atoms with Crippen LogP contribution in [0.2, 0.25) is 0 Å². The number of benzene rings is 1. The zero-order chi connectivity index (χ0) is 15.7. The number of anilines is 1. The molecule has 22 heavy (non-hydrogen) atoms. The molecule has 1 atom stereocenters. The molecule has 0 saturated carbocycles. The van der Waals surface area contributed by atoms with Gasteiger partial charge < -0.3 is 5.01 Å². The van der Waals surface area contributed by atoms with Crippen molar-refractivity contribution in [3.05, 3.63) is 29.8 Å². The van der Waals surface area contributed by atoms with Crippen LogP contribution in [0.3, 0.4) is 0 Å². The van der Waals surface area contributed by atoms with Crippen LogP contribution in [0.5, 0.6) is 0 Å². The lowest BCUT2D eigenvalue weighted by Gasteiger charge is -2.33. The molecule has 118 valence electrons. The molecule has 0 aromatic heterocycles. The Kier molecular flexibility index (Phi) is 4.16. The van der Waals surface area contributed by atoms with Crippen LogP contribution in [0, 0.1) is 5.92 Å². The smallest absolute Gasteiger partial charge is 0.280 e. The summed E-state index contributed by atoms with van der Waals surface area (Å²) in [6.45, 7) is 5.07. The molecule has 2 heterocycles. The number of para-hydroxylation sites is 1. The number of hydrazone groups is 1. The first-order valence-electron chi connectivity index (χ1n) is 7.96. The van der Waals surface area contributed by atoms with E-state index in [9.17, 15) is 4.79 Å². The zero-order valence-electron chi connectivity index (χ0n) is 13.6. The molecule has 2 aliphatic heterocycles. The lowest BCUT2D eigenvalue weighted by Crippen LogP contribution is -2.45. The van der Waals surface area contributed by atoms with Crippen LogP contribution in [0.15, 0.2) is 29.4 Å². The number of likely N-dealkylation sites (tertiary alicyclic amines) is 1. The number of hydrogen-bond donors (Lipinski definition) is 0. The molecule has 2 aliphatic rings. The van der Waals surface area contributed by atoms with Gasteiger partial charge in [0.1, 0.15) is 0 Å². The predicted octanol–water partition coefficient (Wildman–Crippen LogP) is 1.99. The maximum Gasteiger partial charge on any atom is 0.280 e. The molecule has 1 aromatic rings. The van der Waals surface area contributed by atoms with Crippen molar-refractivity contribution in [3.8, 4) is 0 Å². The SMILES string of the molecule is CC1CCCN(CN2C(=O)/C(=N\N(C)C)c3ccccc32)C1. The molecule has 0 spiro atoms. The highest BCUT2D eigenvalue weighted by atomic mass is 16.2. The number of amides is 1. The quantitative estimate of drug-likeness (QED) is 0.801. The fraction of sp³-hybridized carbons (Fsp3) is 0.529. The van der Waals surface area contributed by atoms with E-state index in [1.807, 2.05) is 43.3 Å². The van der Waals surface area contributed by atoms with Gasteiger partial charge in [-0.1, -0.05) is 25.1 Å². The summed E-state index contributed by atoms with van der Waals surface area (Å²) in [6.07, 6.45) is 2.50. The van der Waals surface area contributed by atoms with E-state index in [4.69, 9.17) is 0 Å². The molecule has 1 fully saturated rings. The molecule has 0 N–H and O–H groups in total. The second kappa shape index (κ2) is 6.08. The molecule has 5 nitrogen and oxygen atoms in total. The first-order chi connectivity index (χ1) is 10.6. The summed E-state index contributed by atoms with van der Waals surface area (Å²) in [6, 6.07) is 7.94. The van der Waals surface area contributed by atoms with Gasteiger partial charge in [0, 0.05) is 26.2 Å². The largest absolute Gasteiger partial charge is 0.302 e. The molecule has 3 rings (SSSR count). The van der Waals surface area contributed by atoms with Gasteiger partial charge in [0.15, 0.2) is 5.71 Å². The number of piperidine rings is 1. The average molecular weight is 300 g/mol. The number of nitrogens with zero attached hydrogens (tertiary/aromatic N) is 4. The maximum atomic E-state index is 12.8. The summed E-state index contributed by atoms with van der Waals surface area (Å²) < 4.78 is 0. The Morgan fingerprint density at radius 3 is 2.82 bits per heavy atom. The third kappa shape index (κ3) is 2.86. The molecule has 5 heteroatoms. The number of fused-ring (bicyclic) bond motifs is 1. The number of carbonyl (C=O) groups excluding carboxylic acids is 1. The first-order valence-corrected chi connectivity index (χ1v) is 7.96. The van der Waals surface area contributed by atoms with Gasteiger partial charge in [0.25, 0.3) is 5.91 Å². The minimum absolute atomic E-state index is 0.00752. The fourth-order valence-electron chi connectivity index (χ4n) is 3.31. The standard InChI is InChI=1S/C17H24N4O/c1-13-7-6-10-20(11-13)12-21-15-9-5-4-8-14(15)16(17(21)22)18-19(2)3/h4-5,8-9,13H,6-7,10-12H2,1-3H3/b18-16-. The van der Waals surface area contributed by atoms with Gasteiger partial charge >= 0.3 is 0 Å². The van der Waals surface area contributed by atoms with Gasteiger partial charge in [-0.3, -0.25) is 14.6 Å². The summed E-state index contributed by atoms with van der Waals surface area (Å²) in [5.74, 6) is 0.713. The van der Waals surface area contributed by atoms with Gasteiger partial charge in [-0.2, -0.15) is 5.10 Å². The zero-order valence-corrected chi connectivity index (χ0v) is 13.6. The Morgan fingerprint density at radius 1 is 1.32 bits per heavy atom. The van der Waals surface area contributed by atoms with Gasteiger partial charge in [-0.15, -0.1) is 0 Å². The fourth-order valence-corrected chi connectivity index (χ4v) is 3.31. The van der Waals surface area contributed by atoms with Crippen LogP contribution in [0.25, 0.3) is 0 Å². The van der Waals surface area contributed by atoms with Crippen molar-refractivity contribution in [2.75, 3.05) is 38.8 Å².